The molecule has 0 aliphatic carbocycles. The molecule has 2 N–H and O–H groups in total. The average molecular weight is 354 g/mol. The molecule has 128 valence electrons. The summed E-state index contributed by atoms with van der Waals surface area (Å²) in [7, 11) is -3.68. The van der Waals surface area contributed by atoms with Crippen LogP contribution in [0.25, 0.3) is 0 Å². The first-order valence-corrected chi connectivity index (χ1v) is 9.11. The quantitative estimate of drug-likeness (QED) is 0.834. The van der Waals surface area contributed by atoms with Gasteiger partial charge in [-0.2, -0.15) is 10.5 Å². The third-order valence-electron chi connectivity index (χ3n) is 3.97. The molecule has 1 heterocycles. The predicted octanol–water partition coefficient (Wildman–Crippen LogP) is 2.34. The third kappa shape index (κ3) is 4.36. The minimum atomic E-state index is -3.68. The van der Waals surface area contributed by atoms with Gasteiger partial charge < -0.3 is 4.90 Å². The number of nitrogens with two attached hydrogens (primary N) is 1. The fraction of sp³-hybridized carbons (Fsp3) is 0.222. The second kappa shape index (κ2) is 7.35. The summed E-state index contributed by atoms with van der Waals surface area (Å²) in [5, 5.41) is 23.1. The fourth-order valence-corrected chi connectivity index (χ4v) is 3.18. The van der Waals surface area contributed by atoms with Gasteiger partial charge in [0, 0.05) is 23.5 Å². The average Bonchev–Trinajstić information content (AvgIpc) is 2.55. The zero-order valence-corrected chi connectivity index (χ0v) is 14.8. The van der Waals surface area contributed by atoms with Gasteiger partial charge >= 0.3 is 0 Å². The van der Waals surface area contributed by atoms with E-state index in [9.17, 15) is 8.42 Å². The zero-order chi connectivity index (χ0) is 18.6. The van der Waals surface area contributed by atoms with E-state index in [2.05, 4.69) is 4.90 Å². The van der Waals surface area contributed by atoms with Crippen molar-refractivity contribution in [2.24, 2.45) is 5.14 Å². The molecule has 0 saturated carbocycles. The Morgan fingerprint density at radius 3 is 2.04 bits per heavy atom. The molecule has 0 spiro atoms. The Morgan fingerprint density at radius 2 is 1.60 bits per heavy atom. The summed E-state index contributed by atoms with van der Waals surface area (Å²) in [4.78, 5) is 2.18. The highest BCUT2D eigenvalue weighted by atomic mass is 32.2. The molecule has 0 unspecified atom stereocenters. The number of rotatable bonds is 4. The van der Waals surface area contributed by atoms with Crippen molar-refractivity contribution in [2.45, 2.75) is 25.2 Å². The maximum absolute atomic E-state index is 11.3. The van der Waals surface area contributed by atoms with E-state index in [-0.39, 0.29) is 10.5 Å². The normalized spacial score (nSPS) is 14.3. The van der Waals surface area contributed by atoms with Gasteiger partial charge in [0.05, 0.1) is 4.90 Å². The highest BCUT2D eigenvalue weighted by molar-refractivity contribution is 7.89. The summed E-state index contributed by atoms with van der Waals surface area (Å²) in [6.07, 6.45) is 4.35. The fourth-order valence-electron chi connectivity index (χ4n) is 2.66. The number of benzene rings is 1. The molecule has 1 aromatic carbocycles. The molecule has 1 aliphatic rings. The molecule has 1 aromatic rings. The van der Waals surface area contributed by atoms with Crippen LogP contribution in [0.15, 0.2) is 63.9 Å². The third-order valence-corrected chi connectivity index (χ3v) is 4.90. The lowest BCUT2D eigenvalue weighted by atomic mass is 10.0. The molecular weight excluding hydrogens is 336 g/mol. The maximum atomic E-state index is 11.3. The summed E-state index contributed by atoms with van der Waals surface area (Å²) in [5.41, 5.74) is 3.59. The van der Waals surface area contributed by atoms with Crippen LogP contribution in [-0.2, 0) is 16.4 Å². The SMILES string of the molecule is CC1=CC(=C(C#N)C#N)C=C(C)N1CCc1ccc(S(N)(=O)=O)cc1. The van der Waals surface area contributed by atoms with Crippen LogP contribution in [0.5, 0.6) is 0 Å². The largest absolute Gasteiger partial charge is 0.349 e. The smallest absolute Gasteiger partial charge is 0.238 e. The molecule has 0 atom stereocenters. The van der Waals surface area contributed by atoms with Gasteiger partial charge in [-0.3, -0.25) is 0 Å². The number of nitrogens with zero attached hydrogens (tertiary/aromatic N) is 3. The van der Waals surface area contributed by atoms with E-state index in [0.717, 1.165) is 17.0 Å². The summed E-state index contributed by atoms with van der Waals surface area (Å²) in [6.45, 7) is 4.54. The molecule has 0 radical (unpaired) electrons. The topological polar surface area (TPSA) is 111 Å². The van der Waals surface area contributed by atoms with Crippen molar-refractivity contribution in [3.8, 4) is 12.1 Å². The minimum Gasteiger partial charge on any atom is -0.349 e. The molecular formula is C18H18N4O2S. The summed E-state index contributed by atoms with van der Waals surface area (Å²) in [6, 6.07) is 10.3. The van der Waals surface area contributed by atoms with Gasteiger partial charge in [0.2, 0.25) is 10.0 Å². The van der Waals surface area contributed by atoms with Gasteiger partial charge in [0.1, 0.15) is 17.7 Å². The molecule has 0 aromatic heterocycles. The molecule has 6 nitrogen and oxygen atoms in total. The number of sulfonamides is 1. The van der Waals surface area contributed by atoms with Crippen LogP contribution < -0.4 is 5.14 Å². The first-order chi connectivity index (χ1) is 11.8. The Hall–Kier alpha value is -2.87. The van der Waals surface area contributed by atoms with Crippen LogP contribution in [0.3, 0.4) is 0 Å². The van der Waals surface area contributed by atoms with Gasteiger partial charge in [-0.05, 0) is 50.1 Å². The highest BCUT2D eigenvalue weighted by Gasteiger charge is 2.16. The van der Waals surface area contributed by atoms with E-state index >= 15 is 0 Å². The van der Waals surface area contributed by atoms with Crippen LogP contribution in [-0.4, -0.2) is 19.9 Å². The summed E-state index contributed by atoms with van der Waals surface area (Å²) >= 11 is 0. The van der Waals surface area contributed by atoms with E-state index in [0.29, 0.717) is 18.5 Å². The number of allylic oxidation sites excluding steroid dienone is 6. The van der Waals surface area contributed by atoms with E-state index in [1.807, 2.05) is 38.1 Å². The monoisotopic (exact) mass is 354 g/mol. The van der Waals surface area contributed by atoms with Gasteiger partial charge in [-0.15, -0.1) is 0 Å². The second-order valence-corrected chi connectivity index (χ2v) is 7.28. The van der Waals surface area contributed by atoms with Gasteiger partial charge in [-0.25, -0.2) is 13.6 Å². The number of hydrogen-bond acceptors (Lipinski definition) is 5. The van der Waals surface area contributed by atoms with Crippen LogP contribution in [0, 0.1) is 22.7 Å². The van der Waals surface area contributed by atoms with E-state index in [1.54, 1.807) is 12.1 Å². The van der Waals surface area contributed by atoms with E-state index in [1.165, 1.54) is 12.1 Å². The van der Waals surface area contributed by atoms with Crippen LogP contribution in [0.4, 0.5) is 0 Å². The summed E-state index contributed by atoms with van der Waals surface area (Å²) < 4.78 is 22.6. The number of primary sulfonamides is 1. The van der Waals surface area contributed by atoms with Gasteiger partial charge in [0.25, 0.3) is 0 Å². The Bertz CT molecular complexity index is 918. The van der Waals surface area contributed by atoms with Gasteiger partial charge in [-0.1, -0.05) is 12.1 Å². The molecule has 7 heteroatoms. The van der Waals surface area contributed by atoms with Crippen LogP contribution >= 0.6 is 0 Å². The van der Waals surface area contributed by atoms with Crippen molar-refractivity contribution in [1.82, 2.24) is 4.90 Å². The van der Waals surface area contributed by atoms with Crippen LogP contribution in [0.2, 0.25) is 0 Å². The lowest BCUT2D eigenvalue weighted by molar-refractivity contribution is 0.427. The second-order valence-electron chi connectivity index (χ2n) is 5.72. The lowest BCUT2D eigenvalue weighted by Gasteiger charge is -2.29. The first-order valence-electron chi connectivity index (χ1n) is 7.56. The number of hydrogen-bond donors (Lipinski definition) is 1. The number of nitriles is 2. The molecule has 1 aliphatic heterocycles. The van der Waals surface area contributed by atoms with E-state index in [4.69, 9.17) is 15.7 Å². The van der Waals surface area contributed by atoms with Crippen molar-refractivity contribution < 1.29 is 8.42 Å². The first kappa shape index (κ1) is 18.5. The van der Waals surface area contributed by atoms with Gasteiger partial charge in [0.15, 0.2) is 0 Å². The Morgan fingerprint density at radius 1 is 1.08 bits per heavy atom. The molecule has 25 heavy (non-hydrogen) atoms. The van der Waals surface area contributed by atoms with E-state index < -0.39 is 10.0 Å². The Balaban J connectivity index is 2.14. The molecule has 2 rings (SSSR count). The maximum Gasteiger partial charge on any atom is 0.238 e. The standard InChI is InChI=1S/C18H18N4O2S/c1-13-9-16(17(11-19)12-20)10-14(2)22(13)8-7-15-3-5-18(6-4-15)25(21,23)24/h3-6,9-10H,7-8H2,1-2H3,(H2,21,23,24). The van der Waals surface area contributed by atoms with Crippen molar-refractivity contribution in [1.29, 1.82) is 10.5 Å². The molecule has 0 fully saturated rings. The molecule has 0 amide bonds. The predicted molar refractivity (Wildman–Crippen MR) is 94.0 cm³/mol. The Kier molecular flexibility index (Phi) is 5.43. The van der Waals surface area contributed by atoms with Crippen molar-refractivity contribution >= 4 is 10.0 Å². The van der Waals surface area contributed by atoms with Crippen LogP contribution in [0.1, 0.15) is 19.4 Å². The lowest BCUT2D eigenvalue weighted by Crippen LogP contribution is -2.25. The molecule has 0 saturated heterocycles. The zero-order valence-electron chi connectivity index (χ0n) is 14.0. The van der Waals surface area contributed by atoms with Crippen molar-refractivity contribution in [3.05, 3.63) is 64.5 Å². The molecule has 0 bridgehead atoms. The van der Waals surface area contributed by atoms with Crippen molar-refractivity contribution in [2.75, 3.05) is 6.54 Å². The van der Waals surface area contributed by atoms with Crippen molar-refractivity contribution in [3.63, 3.8) is 0 Å². The summed E-state index contributed by atoms with van der Waals surface area (Å²) in [5.74, 6) is 0. The minimum absolute atomic E-state index is 0.0942. The Labute approximate surface area is 147 Å². The highest BCUT2D eigenvalue weighted by Crippen LogP contribution is 2.24.